The van der Waals surface area contributed by atoms with Crippen molar-refractivity contribution in [3.05, 3.63) is 111 Å². The van der Waals surface area contributed by atoms with Crippen LogP contribution in [0.3, 0.4) is 0 Å². The lowest BCUT2D eigenvalue weighted by Gasteiger charge is -2.20. The van der Waals surface area contributed by atoms with Gasteiger partial charge in [-0.1, -0.05) is 42.5 Å². The van der Waals surface area contributed by atoms with Crippen LogP contribution in [0.25, 0.3) is 27.6 Å². The monoisotopic (exact) mass is 485 g/mol. The fourth-order valence-corrected chi connectivity index (χ4v) is 5.63. The first kappa shape index (κ1) is 23.2. The van der Waals surface area contributed by atoms with E-state index in [0.717, 1.165) is 39.1 Å². The summed E-state index contributed by atoms with van der Waals surface area (Å²) in [5.74, 6) is 0.00178. The lowest BCUT2D eigenvalue weighted by Crippen LogP contribution is -2.26. The van der Waals surface area contributed by atoms with E-state index in [-0.39, 0.29) is 5.91 Å². The number of hydrogen-bond acceptors (Lipinski definition) is 2. The zero-order chi connectivity index (χ0) is 26.0. The van der Waals surface area contributed by atoms with Gasteiger partial charge in [0.15, 0.2) is 0 Å². The van der Waals surface area contributed by atoms with Crippen molar-refractivity contribution in [2.24, 2.45) is 0 Å². The predicted molar refractivity (Wildman–Crippen MR) is 152 cm³/mol. The quantitative estimate of drug-likeness (QED) is 0.263. The van der Waals surface area contributed by atoms with Crippen molar-refractivity contribution in [1.29, 1.82) is 0 Å². The molecule has 1 amide bonds. The maximum atomic E-state index is 13.9. The lowest BCUT2D eigenvalue weighted by atomic mass is 9.98. The van der Waals surface area contributed by atoms with Crippen LogP contribution in [0.4, 0.5) is 5.69 Å². The van der Waals surface area contributed by atoms with Crippen molar-refractivity contribution in [2.75, 3.05) is 4.90 Å². The van der Waals surface area contributed by atoms with Crippen LogP contribution in [0.2, 0.25) is 0 Å². The maximum Gasteiger partial charge on any atom is 0.277 e. The van der Waals surface area contributed by atoms with Gasteiger partial charge in [-0.2, -0.15) is 5.10 Å². The number of aromatic nitrogens is 2. The smallest absolute Gasteiger partial charge is 0.277 e. The first-order valence-corrected chi connectivity index (χ1v) is 12.8. The predicted octanol–water partition coefficient (Wildman–Crippen LogP) is 7.70. The summed E-state index contributed by atoms with van der Waals surface area (Å²) in [5.41, 5.74) is 12.9. The molecule has 0 radical (unpaired) electrons. The van der Waals surface area contributed by atoms with Crippen molar-refractivity contribution in [3.63, 3.8) is 0 Å². The molecule has 184 valence electrons. The third kappa shape index (κ3) is 3.67. The standard InChI is InChI=1S/C33H31N3O/c1-19-9-7-8-10-28(19)25-11-12-30(22(4)15-25)35-18-29-24(6)34-36(32(29)33(35)37)31-17-27-14-21(3)20(2)13-26(27)16-23(31)5/h7-17H,18H2,1-6H3. The van der Waals surface area contributed by atoms with Gasteiger partial charge < -0.3 is 4.90 Å². The van der Waals surface area contributed by atoms with Gasteiger partial charge in [0, 0.05) is 11.3 Å². The number of carbonyl (C=O) groups is 1. The Morgan fingerprint density at radius 1 is 0.676 bits per heavy atom. The van der Waals surface area contributed by atoms with E-state index in [1.54, 1.807) is 0 Å². The Morgan fingerprint density at radius 3 is 2.03 bits per heavy atom. The van der Waals surface area contributed by atoms with E-state index in [1.807, 2.05) is 16.5 Å². The van der Waals surface area contributed by atoms with Crippen molar-refractivity contribution in [2.45, 2.75) is 48.1 Å². The minimum absolute atomic E-state index is 0.00178. The number of fused-ring (bicyclic) bond motifs is 2. The van der Waals surface area contributed by atoms with Crippen LogP contribution >= 0.6 is 0 Å². The molecule has 37 heavy (non-hydrogen) atoms. The molecule has 5 aromatic rings. The molecule has 4 aromatic carbocycles. The molecule has 2 heterocycles. The highest BCUT2D eigenvalue weighted by Crippen LogP contribution is 2.36. The van der Waals surface area contributed by atoms with Crippen molar-refractivity contribution in [3.8, 4) is 16.8 Å². The van der Waals surface area contributed by atoms with E-state index < -0.39 is 0 Å². The number of benzene rings is 4. The summed E-state index contributed by atoms with van der Waals surface area (Å²) >= 11 is 0. The van der Waals surface area contributed by atoms with E-state index in [9.17, 15) is 4.79 Å². The number of carbonyl (C=O) groups excluding carboxylic acids is 1. The molecule has 0 spiro atoms. The van der Waals surface area contributed by atoms with Gasteiger partial charge in [0.25, 0.3) is 5.91 Å². The van der Waals surface area contributed by atoms with Crippen LogP contribution in [0, 0.1) is 41.5 Å². The highest BCUT2D eigenvalue weighted by molar-refractivity contribution is 6.10. The number of nitrogens with zero attached hydrogens (tertiary/aromatic N) is 3. The molecular formula is C33H31N3O. The van der Waals surface area contributed by atoms with Crippen molar-refractivity contribution >= 4 is 22.4 Å². The highest BCUT2D eigenvalue weighted by Gasteiger charge is 2.36. The molecule has 0 unspecified atom stereocenters. The normalized spacial score (nSPS) is 13.0. The zero-order valence-electron chi connectivity index (χ0n) is 22.3. The van der Waals surface area contributed by atoms with Gasteiger partial charge in [-0.3, -0.25) is 4.79 Å². The van der Waals surface area contributed by atoms with Crippen LogP contribution in [-0.4, -0.2) is 15.7 Å². The molecule has 1 aromatic heterocycles. The third-order valence-electron chi connectivity index (χ3n) is 7.89. The third-order valence-corrected chi connectivity index (χ3v) is 7.89. The molecule has 1 aliphatic heterocycles. The van der Waals surface area contributed by atoms with Gasteiger partial charge in [0.1, 0.15) is 5.69 Å². The fraction of sp³-hybridized carbons (Fsp3) is 0.212. The lowest BCUT2D eigenvalue weighted by molar-refractivity contribution is 0.0989. The van der Waals surface area contributed by atoms with Gasteiger partial charge >= 0.3 is 0 Å². The molecule has 0 aliphatic carbocycles. The van der Waals surface area contributed by atoms with Crippen LogP contribution < -0.4 is 4.90 Å². The zero-order valence-corrected chi connectivity index (χ0v) is 22.3. The molecule has 4 heteroatoms. The van der Waals surface area contributed by atoms with Gasteiger partial charge in [0.2, 0.25) is 0 Å². The Morgan fingerprint density at radius 2 is 1.32 bits per heavy atom. The molecule has 0 saturated carbocycles. The molecule has 4 nitrogen and oxygen atoms in total. The first-order valence-electron chi connectivity index (χ1n) is 12.8. The summed E-state index contributed by atoms with van der Waals surface area (Å²) in [7, 11) is 0. The largest absolute Gasteiger partial charge is 0.302 e. The Labute approximate surface area is 218 Å². The minimum atomic E-state index is 0.00178. The number of anilines is 1. The van der Waals surface area contributed by atoms with E-state index >= 15 is 0 Å². The second-order valence-electron chi connectivity index (χ2n) is 10.5. The molecule has 0 bridgehead atoms. The van der Waals surface area contributed by atoms with Crippen LogP contribution in [-0.2, 0) is 6.54 Å². The molecule has 1 aliphatic rings. The molecule has 6 rings (SSSR count). The van der Waals surface area contributed by atoms with Gasteiger partial charge in [-0.25, -0.2) is 4.68 Å². The second-order valence-corrected chi connectivity index (χ2v) is 10.5. The van der Waals surface area contributed by atoms with Crippen LogP contribution in [0.1, 0.15) is 49.6 Å². The number of rotatable bonds is 3. The summed E-state index contributed by atoms with van der Waals surface area (Å²) < 4.78 is 1.87. The molecule has 0 fully saturated rings. The minimum Gasteiger partial charge on any atom is -0.302 e. The Kier molecular flexibility index (Phi) is 5.30. The molecule has 0 atom stereocenters. The average molecular weight is 486 g/mol. The van der Waals surface area contributed by atoms with Gasteiger partial charge in [-0.15, -0.1) is 0 Å². The number of aryl methyl sites for hydroxylation is 6. The Balaban J connectivity index is 1.41. The Bertz CT molecular complexity index is 1740. The highest BCUT2D eigenvalue weighted by atomic mass is 16.2. The van der Waals surface area contributed by atoms with Crippen LogP contribution in [0.5, 0.6) is 0 Å². The second kappa shape index (κ2) is 8.45. The molecular weight excluding hydrogens is 454 g/mol. The van der Waals surface area contributed by atoms with E-state index in [4.69, 9.17) is 5.10 Å². The number of amides is 1. The van der Waals surface area contributed by atoms with E-state index in [0.29, 0.717) is 12.2 Å². The fourth-order valence-electron chi connectivity index (χ4n) is 5.63. The summed E-state index contributed by atoms with van der Waals surface area (Å²) in [6.45, 7) is 13.1. The maximum absolute atomic E-state index is 13.9. The summed E-state index contributed by atoms with van der Waals surface area (Å²) in [4.78, 5) is 15.8. The average Bonchev–Trinajstić information content (AvgIpc) is 3.37. The Hall–Kier alpha value is -4.18. The molecule has 0 N–H and O–H groups in total. The van der Waals surface area contributed by atoms with E-state index in [2.05, 4.69) is 101 Å². The van der Waals surface area contributed by atoms with Crippen LogP contribution in [0.15, 0.2) is 66.7 Å². The SMILES string of the molecule is Cc1cc2cc(C)c(-n3nc(C)c4c3C(=O)N(c3ccc(-c5ccccc5C)cc3C)C4)cc2cc1C. The van der Waals surface area contributed by atoms with E-state index in [1.165, 1.54) is 33.2 Å². The summed E-state index contributed by atoms with van der Waals surface area (Å²) in [6, 6.07) is 23.6. The van der Waals surface area contributed by atoms with Crippen molar-refractivity contribution < 1.29 is 4.79 Å². The first-order chi connectivity index (χ1) is 17.7. The van der Waals surface area contributed by atoms with Crippen molar-refractivity contribution in [1.82, 2.24) is 9.78 Å². The summed E-state index contributed by atoms with van der Waals surface area (Å²) in [5, 5.41) is 7.22. The topological polar surface area (TPSA) is 38.1 Å². The summed E-state index contributed by atoms with van der Waals surface area (Å²) in [6.07, 6.45) is 0. The number of hydrogen-bond donors (Lipinski definition) is 0. The molecule has 0 saturated heterocycles. The van der Waals surface area contributed by atoms with Gasteiger partial charge in [0.05, 0.1) is 17.9 Å². The van der Waals surface area contributed by atoms with Gasteiger partial charge in [-0.05, 0) is 116 Å².